The van der Waals surface area contributed by atoms with Gasteiger partial charge in [0.2, 0.25) is 0 Å². The van der Waals surface area contributed by atoms with Crippen molar-refractivity contribution in [2.24, 2.45) is 22.2 Å². The number of phenols is 1. The van der Waals surface area contributed by atoms with E-state index in [4.69, 9.17) is 9.47 Å². The van der Waals surface area contributed by atoms with Crippen molar-refractivity contribution in [2.45, 2.75) is 154 Å². The quantitative estimate of drug-likeness (QED) is 0.0843. The third-order valence-electron chi connectivity index (χ3n) is 13.7. The SMILES string of the molecule is C/C(=C\C(=CO)c1cc(F)ccc1OCC(C)COc1ccc(F)cc1-c1cc(C(C)(C)CC(C)(C)C)cc(-n2c3ccc(C(C)(C)C)cc3c3cc(C(C)(C)C)ccc32)c1O)C(C)(C)CC(C)(C)C. The molecule has 0 spiro atoms. The van der Waals surface area contributed by atoms with Crippen LogP contribution in [0.2, 0.25) is 0 Å². The normalized spacial score (nSPS) is 14.2. The summed E-state index contributed by atoms with van der Waals surface area (Å²) in [5.74, 6) is -0.225. The second-order valence-electron chi connectivity index (χ2n) is 25.9. The van der Waals surface area contributed by atoms with Crippen LogP contribution in [0, 0.1) is 33.8 Å². The van der Waals surface area contributed by atoms with Gasteiger partial charge in [-0.1, -0.05) is 141 Å². The monoisotopic (exact) mass is 954 g/mol. The first kappa shape index (κ1) is 53.8. The number of hydrogen-bond donors (Lipinski definition) is 2. The van der Waals surface area contributed by atoms with Gasteiger partial charge in [0.25, 0.3) is 0 Å². The molecular formula is C63H81F2NO4. The summed E-state index contributed by atoms with van der Waals surface area (Å²) in [7, 11) is 0. The van der Waals surface area contributed by atoms with Gasteiger partial charge in [-0.05, 0) is 142 Å². The summed E-state index contributed by atoms with van der Waals surface area (Å²) in [6.07, 6.45) is 4.68. The summed E-state index contributed by atoms with van der Waals surface area (Å²) < 4.78 is 45.6. The molecule has 0 aliphatic carbocycles. The lowest BCUT2D eigenvalue weighted by atomic mass is 9.71. The Kier molecular flexibility index (Phi) is 15.0. The van der Waals surface area contributed by atoms with E-state index in [1.165, 1.54) is 35.4 Å². The fourth-order valence-corrected chi connectivity index (χ4v) is 10.3. The molecule has 2 N–H and O–H groups in total. The lowest BCUT2D eigenvalue weighted by Gasteiger charge is -2.34. The van der Waals surface area contributed by atoms with Crippen LogP contribution in [0.5, 0.6) is 17.2 Å². The van der Waals surface area contributed by atoms with Gasteiger partial charge in [-0.25, -0.2) is 8.78 Å². The smallest absolute Gasteiger partial charge is 0.147 e. The van der Waals surface area contributed by atoms with Gasteiger partial charge in [0.05, 0.1) is 36.2 Å². The van der Waals surface area contributed by atoms with Gasteiger partial charge in [0.1, 0.15) is 28.9 Å². The number of fused-ring (bicyclic) bond motifs is 3. The van der Waals surface area contributed by atoms with E-state index in [-0.39, 0.29) is 57.4 Å². The summed E-state index contributed by atoms with van der Waals surface area (Å²) in [5, 5.41) is 25.5. The molecule has 1 aromatic heterocycles. The van der Waals surface area contributed by atoms with Crippen LogP contribution in [-0.2, 0) is 16.2 Å². The van der Waals surface area contributed by atoms with Gasteiger partial charge in [0.15, 0.2) is 0 Å². The Morgan fingerprint density at radius 2 is 1.10 bits per heavy atom. The molecule has 6 rings (SSSR count). The number of phenolic OH excluding ortho intramolecular Hbond substituents is 1. The van der Waals surface area contributed by atoms with Gasteiger partial charge in [-0.3, -0.25) is 0 Å². The maximum absolute atomic E-state index is 15.6. The molecule has 0 amide bonds. The minimum atomic E-state index is -0.456. The van der Waals surface area contributed by atoms with Gasteiger partial charge < -0.3 is 24.3 Å². The molecule has 6 aromatic rings. The van der Waals surface area contributed by atoms with Crippen molar-refractivity contribution >= 4 is 27.4 Å². The summed E-state index contributed by atoms with van der Waals surface area (Å²) in [6, 6.07) is 26.2. The van der Waals surface area contributed by atoms with Crippen molar-refractivity contribution in [3.8, 4) is 34.1 Å². The average Bonchev–Trinajstić information content (AvgIpc) is 3.55. The van der Waals surface area contributed by atoms with Crippen molar-refractivity contribution < 1.29 is 28.5 Å². The minimum Gasteiger partial charge on any atom is -0.515 e. The number of rotatable bonds is 14. The average molecular weight is 954 g/mol. The Morgan fingerprint density at radius 3 is 1.60 bits per heavy atom. The van der Waals surface area contributed by atoms with E-state index >= 15 is 4.39 Å². The second kappa shape index (κ2) is 19.6. The lowest BCUT2D eigenvalue weighted by molar-refractivity contribution is 0.188. The Labute approximate surface area is 418 Å². The fourth-order valence-electron chi connectivity index (χ4n) is 10.3. The molecule has 7 heteroatoms. The van der Waals surface area contributed by atoms with Crippen LogP contribution in [0.3, 0.4) is 0 Å². The molecule has 1 heterocycles. The highest BCUT2D eigenvalue weighted by Crippen LogP contribution is 2.48. The summed E-state index contributed by atoms with van der Waals surface area (Å²) in [5.41, 5.74) is 8.18. The molecule has 0 radical (unpaired) electrons. The number of allylic oxidation sites excluding steroid dienone is 3. The number of aromatic hydroxyl groups is 1. The zero-order valence-electron chi connectivity index (χ0n) is 45.6. The zero-order valence-corrected chi connectivity index (χ0v) is 45.6. The Bertz CT molecular complexity index is 2870. The molecule has 1 atom stereocenters. The number of aromatic nitrogens is 1. The van der Waals surface area contributed by atoms with E-state index in [1.54, 1.807) is 12.1 Å². The molecule has 5 aromatic carbocycles. The Morgan fingerprint density at radius 1 is 0.600 bits per heavy atom. The lowest BCUT2D eigenvalue weighted by Crippen LogP contribution is -2.25. The maximum Gasteiger partial charge on any atom is 0.147 e. The highest BCUT2D eigenvalue weighted by Gasteiger charge is 2.32. The highest BCUT2D eigenvalue weighted by atomic mass is 19.1. The molecule has 376 valence electrons. The van der Waals surface area contributed by atoms with E-state index in [1.807, 2.05) is 26.0 Å². The first-order valence-corrected chi connectivity index (χ1v) is 25.0. The van der Waals surface area contributed by atoms with E-state index in [2.05, 4.69) is 158 Å². The Hall–Kier alpha value is -5.56. The standard InChI is InChI=1S/C63H81F2NO4/c1-39(35-69-55-25-21-45(64)32-47(55)41(34-67)27-40(2)62(15,16)37-58(3,4)5)36-70-56-26-22-46(65)33-50(56)51-30-44(63(17,18)38-59(6,7)8)31-54(57(51)68)66-52-23-19-42(60(9,10)11)28-48(52)49-29-43(61(12,13)14)20-24-53(49)66/h19-34,39,67-68H,35-38H2,1-18H3/b40-27+,41-34?. The van der Waals surface area contributed by atoms with Crippen LogP contribution in [0.15, 0.2) is 103 Å². The van der Waals surface area contributed by atoms with Crippen molar-refractivity contribution in [1.29, 1.82) is 0 Å². The maximum atomic E-state index is 15.6. The van der Waals surface area contributed by atoms with E-state index in [0.717, 1.165) is 52.0 Å². The van der Waals surface area contributed by atoms with Gasteiger partial charge in [0, 0.05) is 39.0 Å². The molecule has 70 heavy (non-hydrogen) atoms. The highest BCUT2D eigenvalue weighted by molar-refractivity contribution is 6.10. The predicted molar refractivity (Wildman–Crippen MR) is 291 cm³/mol. The van der Waals surface area contributed by atoms with E-state index in [9.17, 15) is 14.6 Å². The predicted octanol–water partition coefficient (Wildman–Crippen LogP) is 18.1. The van der Waals surface area contributed by atoms with Gasteiger partial charge in [-0.15, -0.1) is 0 Å². The molecular weight excluding hydrogens is 873 g/mol. The minimum absolute atomic E-state index is 0.0170. The van der Waals surface area contributed by atoms with Gasteiger partial charge >= 0.3 is 0 Å². The van der Waals surface area contributed by atoms with Crippen LogP contribution in [0.25, 0.3) is 44.2 Å². The first-order chi connectivity index (χ1) is 32.2. The largest absolute Gasteiger partial charge is 0.515 e. The molecule has 0 aliphatic heterocycles. The molecule has 0 saturated carbocycles. The third kappa shape index (κ3) is 12.3. The van der Waals surface area contributed by atoms with Gasteiger partial charge in [-0.2, -0.15) is 0 Å². The number of aliphatic hydroxyl groups excluding tert-OH is 1. The van der Waals surface area contributed by atoms with Crippen molar-refractivity contribution in [2.75, 3.05) is 13.2 Å². The van der Waals surface area contributed by atoms with Crippen LogP contribution in [0.4, 0.5) is 8.78 Å². The van der Waals surface area contributed by atoms with E-state index < -0.39 is 11.6 Å². The number of aliphatic hydroxyl groups is 1. The zero-order chi connectivity index (χ0) is 52.1. The number of hydrogen-bond acceptors (Lipinski definition) is 4. The molecule has 0 aliphatic rings. The van der Waals surface area contributed by atoms with Crippen LogP contribution in [-0.4, -0.2) is 28.0 Å². The summed E-state index contributed by atoms with van der Waals surface area (Å²) in [6.45, 7) is 39.9. The number of nitrogens with zero attached hydrogens (tertiary/aromatic N) is 1. The third-order valence-corrected chi connectivity index (χ3v) is 13.7. The Balaban J connectivity index is 1.42. The topological polar surface area (TPSA) is 63.8 Å². The second-order valence-corrected chi connectivity index (χ2v) is 25.9. The van der Waals surface area contributed by atoms with E-state index in [0.29, 0.717) is 39.4 Å². The summed E-state index contributed by atoms with van der Waals surface area (Å²) >= 11 is 0. The van der Waals surface area contributed by atoms with Crippen LogP contribution in [0.1, 0.15) is 160 Å². The molecule has 0 fully saturated rings. The van der Waals surface area contributed by atoms with Crippen molar-refractivity contribution in [3.63, 3.8) is 0 Å². The molecule has 0 saturated heterocycles. The number of halogens is 2. The summed E-state index contributed by atoms with van der Waals surface area (Å²) in [4.78, 5) is 0. The van der Waals surface area contributed by atoms with Crippen LogP contribution < -0.4 is 9.47 Å². The fraction of sp³-hybridized carbons (Fsp3) is 0.460. The van der Waals surface area contributed by atoms with Crippen molar-refractivity contribution in [3.05, 3.63) is 137 Å². The number of benzene rings is 5. The van der Waals surface area contributed by atoms with Crippen molar-refractivity contribution in [1.82, 2.24) is 4.57 Å². The first-order valence-electron chi connectivity index (χ1n) is 25.0. The number of ether oxygens (including phenoxy) is 2. The molecule has 1 unspecified atom stereocenters. The molecule has 5 nitrogen and oxygen atoms in total. The van der Waals surface area contributed by atoms with Crippen LogP contribution >= 0.6 is 0 Å². The molecule has 0 bridgehead atoms.